The molecular weight excluding hydrogens is 268 g/mol. The lowest BCUT2D eigenvalue weighted by Crippen LogP contribution is -2.43. The van der Waals surface area contributed by atoms with Crippen molar-refractivity contribution < 1.29 is 0 Å². The van der Waals surface area contributed by atoms with Crippen molar-refractivity contribution in [2.45, 2.75) is 25.8 Å². The number of allylic oxidation sites excluding steroid dienone is 2. The third kappa shape index (κ3) is 2.64. The number of nitrogens with zero attached hydrogens (tertiary/aromatic N) is 1. The van der Waals surface area contributed by atoms with Gasteiger partial charge in [0.05, 0.1) is 16.9 Å². The van der Waals surface area contributed by atoms with Crippen LogP contribution in [0.3, 0.4) is 0 Å². The van der Waals surface area contributed by atoms with Gasteiger partial charge in [-0.15, -0.1) is 0 Å². The molecule has 0 radical (unpaired) electrons. The van der Waals surface area contributed by atoms with Crippen molar-refractivity contribution in [3.63, 3.8) is 0 Å². The molecule has 2 aromatic carbocycles. The molecule has 3 rings (SSSR count). The highest BCUT2D eigenvalue weighted by Crippen LogP contribution is 2.41. The molecular formula is C20H22N2. The van der Waals surface area contributed by atoms with Gasteiger partial charge >= 0.3 is 0 Å². The first-order chi connectivity index (χ1) is 10.6. The van der Waals surface area contributed by atoms with Crippen molar-refractivity contribution in [1.82, 2.24) is 0 Å². The highest BCUT2D eigenvalue weighted by molar-refractivity contribution is 5.77. The van der Waals surface area contributed by atoms with Gasteiger partial charge in [0.1, 0.15) is 0 Å². The molecule has 2 N–H and O–H groups in total. The summed E-state index contributed by atoms with van der Waals surface area (Å²) in [5.74, 6) is 0. The van der Waals surface area contributed by atoms with E-state index in [0.717, 1.165) is 23.5 Å². The lowest BCUT2D eigenvalue weighted by atomic mass is 9.86. The second-order valence-corrected chi connectivity index (χ2v) is 6.14. The summed E-state index contributed by atoms with van der Waals surface area (Å²) >= 11 is 0. The molecule has 0 saturated carbocycles. The Balaban J connectivity index is 2.15. The van der Waals surface area contributed by atoms with E-state index in [1.165, 1.54) is 5.57 Å². The van der Waals surface area contributed by atoms with Crippen LogP contribution in [-0.2, 0) is 0 Å². The van der Waals surface area contributed by atoms with Crippen LogP contribution in [0.25, 0.3) is 0 Å². The summed E-state index contributed by atoms with van der Waals surface area (Å²) in [5.41, 5.74) is 10.5. The van der Waals surface area contributed by atoms with Crippen molar-refractivity contribution in [1.29, 1.82) is 0 Å². The molecule has 1 aliphatic rings. The highest BCUT2D eigenvalue weighted by Gasteiger charge is 2.33. The van der Waals surface area contributed by atoms with E-state index in [2.05, 4.69) is 67.3 Å². The number of para-hydroxylation sites is 3. The molecule has 0 heterocycles. The number of hydrogen-bond donors (Lipinski definition) is 1. The minimum Gasteiger partial charge on any atom is -0.397 e. The molecule has 2 heteroatoms. The van der Waals surface area contributed by atoms with E-state index >= 15 is 0 Å². The first-order valence-corrected chi connectivity index (χ1v) is 7.65. The maximum absolute atomic E-state index is 6.28. The Hall–Kier alpha value is -2.48. The fraction of sp³-hybridized carbons (Fsp3) is 0.200. The molecule has 1 unspecified atom stereocenters. The van der Waals surface area contributed by atoms with E-state index in [1.807, 2.05) is 24.3 Å². The average molecular weight is 290 g/mol. The first kappa shape index (κ1) is 14.5. The van der Waals surface area contributed by atoms with Crippen LogP contribution in [0.4, 0.5) is 17.1 Å². The van der Waals surface area contributed by atoms with Crippen molar-refractivity contribution in [2.75, 3.05) is 10.6 Å². The summed E-state index contributed by atoms with van der Waals surface area (Å²) in [6.07, 6.45) is 7.57. The maximum Gasteiger partial charge on any atom is 0.0652 e. The molecule has 0 fully saturated rings. The van der Waals surface area contributed by atoms with Crippen LogP contribution in [0.5, 0.6) is 0 Å². The van der Waals surface area contributed by atoms with Crippen molar-refractivity contribution >= 4 is 17.1 Å². The van der Waals surface area contributed by atoms with Crippen LogP contribution < -0.4 is 10.6 Å². The summed E-state index contributed by atoms with van der Waals surface area (Å²) in [5, 5.41) is 0. The molecule has 0 saturated heterocycles. The molecule has 22 heavy (non-hydrogen) atoms. The summed E-state index contributed by atoms with van der Waals surface area (Å²) < 4.78 is 0. The van der Waals surface area contributed by atoms with Gasteiger partial charge < -0.3 is 10.6 Å². The Morgan fingerprint density at radius 2 is 1.68 bits per heavy atom. The summed E-state index contributed by atoms with van der Waals surface area (Å²) in [6, 6.07) is 18.5. The number of nitrogen functional groups attached to an aromatic ring is 1. The van der Waals surface area contributed by atoms with Crippen LogP contribution in [0.15, 0.2) is 78.4 Å². The van der Waals surface area contributed by atoms with Gasteiger partial charge in [0.15, 0.2) is 0 Å². The average Bonchev–Trinajstić information content (AvgIpc) is 2.50. The number of rotatable bonds is 3. The van der Waals surface area contributed by atoms with E-state index < -0.39 is 0 Å². The summed E-state index contributed by atoms with van der Waals surface area (Å²) in [7, 11) is 0. The van der Waals surface area contributed by atoms with E-state index in [4.69, 9.17) is 5.73 Å². The van der Waals surface area contributed by atoms with E-state index in [0.29, 0.717) is 0 Å². The molecule has 0 bridgehead atoms. The summed E-state index contributed by atoms with van der Waals surface area (Å²) in [6.45, 7) is 4.44. The second-order valence-electron chi connectivity index (χ2n) is 6.14. The molecule has 2 aromatic rings. The van der Waals surface area contributed by atoms with E-state index in [9.17, 15) is 0 Å². The normalized spacial score (nSPS) is 20.5. The van der Waals surface area contributed by atoms with Crippen molar-refractivity contribution in [3.8, 4) is 0 Å². The highest BCUT2D eigenvalue weighted by atomic mass is 15.2. The minimum absolute atomic E-state index is 0.129. The Morgan fingerprint density at radius 1 is 1.00 bits per heavy atom. The zero-order chi connectivity index (χ0) is 15.6. The number of anilines is 3. The monoisotopic (exact) mass is 290 g/mol. The third-order valence-electron chi connectivity index (χ3n) is 4.18. The number of benzene rings is 2. The van der Waals surface area contributed by atoms with Gasteiger partial charge in [0.25, 0.3) is 0 Å². The van der Waals surface area contributed by atoms with E-state index in [1.54, 1.807) is 0 Å². The van der Waals surface area contributed by atoms with Gasteiger partial charge in [0.2, 0.25) is 0 Å². The van der Waals surface area contributed by atoms with E-state index in [-0.39, 0.29) is 5.54 Å². The minimum atomic E-state index is -0.129. The molecule has 2 nitrogen and oxygen atoms in total. The van der Waals surface area contributed by atoms with Crippen LogP contribution in [0.2, 0.25) is 0 Å². The molecule has 112 valence electrons. The topological polar surface area (TPSA) is 29.3 Å². The molecule has 1 atom stereocenters. The van der Waals surface area contributed by atoms with Gasteiger partial charge in [-0.3, -0.25) is 0 Å². The quantitative estimate of drug-likeness (QED) is 0.799. The van der Waals surface area contributed by atoms with Crippen molar-refractivity contribution in [2.24, 2.45) is 0 Å². The fourth-order valence-electron chi connectivity index (χ4n) is 3.23. The Morgan fingerprint density at radius 3 is 2.36 bits per heavy atom. The van der Waals surface area contributed by atoms with Crippen LogP contribution in [0, 0.1) is 0 Å². The Labute approximate surface area is 132 Å². The van der Waals surface area contributed by atoms with Gasteiger partial charge in [-0.05, 0) is 44.5 Å². The van der Waals surface area contributed by atoms with Crippen LogP contribution >= 0.6 is 0 Å². The number of nitrogens with two attached hydrogens (primary N) is 1. The summed E-state index contributed by atoms with van der Waals surface area (Å²) in [4.78, 5) is 2.34. The second kappa shape index (κ2) is 5.72. The third-order valence-corrected chi connectivity index (χ3v) is 4.18. The first-order valence-electron chi connectivity index (χ1n) is 7.65. The molecule has 0 spiro atoms. The molecule has 0 aromatic heterocycles. The zero-order valence-corrected chi connectivity index (χ0v) is 13.2. The predicted octanol–water partition coefficient (Wildman–Crippen LogP) is 5.07. The lowest BCUT2D eigenvalue weighted by molar-refractivity contribution is 0.555. The number of hydrogen-bond acceptors (Lipinski definition) is 2. The predicted molar refractivity (Wildman–Crippen MR) is 95.4 cm³/mol. The Kier molecular flexibility index (Phi) is 3.76. The molecule has 1 aliphatic carbocycles. The SMILES string of the molecule is CC1=CC=CC(C)(N(c2ccccc2)c2ccccc2N)C1. The molecule has 0 aliphatic heterocycles. The maximum atomic E-state index is 6.28. The fourth-order valence-corrected chi connectivity index (χ4v) is 3.23. The van der Waals surface area contributed by atoms with Crippen LogP contribution in [0.1, 0.15) is 20.3 Å². The lowest BCUT2D eigenvalue weighted by Gasteiger charge is -2.43. The Bertz CT molecular complexity index is 715. The molecule has 0 amide bonds. The van der Waals surface area contributed by atoms with Gasteiger partial charge in [-0.2, -0.15) is 0 Å². The van der Waals surface area contributed by atoms with Gasteiger partial charge in [-0.25, -0.2) is 0 Å². The largest absolute Gasteiger partial charge is 0.397 e. The van der Waals surface area contributed by atoms with Crippen molar-refractivity contribution in [3.05, 3.63) is 78.4 Å². The smallest absolute Gasteiger partial charge is 0.0652 e. The standard InChI is InChI=1S/C20H22N2/c1-16-9-8-14-20(2,15-16)22(17-10-4-3-5-11-17)19-13-7-6-12-18(19)21/h3-14H,15,21H2,1-2H3. The zero-order valence-electron chi connectivity index (χ0n) is 13.2. The van der Waals surface area contributed by atoms with Gasteiger partial charge in [-0.1, -0.05) is 54.1 Å². The van der Waals surface area contributed by atoms with Gasteiger partial charge in [0, 0.05) is 5.69 Å². The van der Waals surface area contributed by atoms with Crippen LogP contribution in [-0.4, -0.2) is 5.54 Å².